The third kappa shape index (κ3) is 1.78. The van der Waals surface area contributed by atoms with Crippen molar-refractivity contribution in [2.24, 2.45) is 7.05 Å². The second-order valence-electron chi connectivity index (χ2n) is 7.08. The zero-order valence-electron chi connectivity index (χ0n) is 12.8. The fraction of sp³-hybridized carbons (Fsp3) is 0.571. The van der Waals surface area contributed by atoms with E-state index in [9.17, 15) is 0 Å². The molecule has 0 spiro atoms. The van der Waals surface area contributed by atoms with Crippen LogP contribution in [0.25, 0.3) is 10.2 Å². The van der Waals surface area contributed by atoms with Gasteiger partial charge in [-0.2, -0.15) is 0 Å². The van der Waals surface area contributed by atoms with Gasteiger partial charge in [-0.1, -0.05) is 38.8 Å². The molecule has 2 nitrogen and oxygen atoms in total. The first kappa shape index (κ1) is 13.5. The summed E-state index contributed by atoms with van der Waals surface area (Å²) in [5.74, 6) is 0. The number of rotatable bonds is 1. The monoisotopic (exact) mass is 307 g/mol. The van der Waals surface area contributed by atoms with E-state index >= 15 is 0 Å². The summed E-state index contributed by atoms with van der Waals surface area (Å²) in [6.45, 7) is 12.4. The highest BCUT2D eigenvalue weighted by Crippen LogP contribution is 2.33. The van der Waals surface area contributed by atoms with E-state index in [1.165, 1.54) is 21.6 Å². The Bertz CT molecular complexity index is 674. The van der Waals surface area contributed by atoms with Crippen molar-refractivity contribution < 1.29 is 4.57 Å². The van der Waals surface area contributed by atoms with Crippen LogP contribution in [0, 0.1) is 0 Å². The number of fused-ring (bicyclic) bond motifs is 3. The summed E-state index contributed by atoms with van der Waals surface area (Å²) in [7, 11) is -0.336. The topological polar surface area (TPSA) is 16.8 Å². The second kappa shape index (κ2) is 3.99. The Kier molecular flexibility index (Phi) is 2.83. The molecule has 0 bridgehead atoms. The van der Waals surface area contributed by atoms with Gasteiger partial charge >= 0.3 is 0 Å². The molecule has 0 amide bonds. The lowest BCUT2D eigenvalue weighted by molar-refractivity contribution is -0.680. The van der Waals surface area contributed by atoms with Gasteiger partial charge in [0.25, 0.3) is 6.33 Å². The molecule has 2 aromatic heterocycles. The standard InChI is InChI=1S/C14H23N2SSi2/c1-7-10-12-11(15-8-16(10)2)13-14(17-12)19(5,6)9-18(13,3)4/h8H,7,9H2,1-6H3/q+1. The first-order chi connectivity index (χ1) is 8.78. The van der Waals surface area contributed by atoms with Crippen molar-refractivity contribution in [3.8, 4) is 0 Å². The lowest BCUT2D eigenvalue weighted by Crippen LogP contribution is -2.42. The van der Waals surface area contributed by atoms with Crippen molar-refractivity contribution in [1.82, 2.24) is 4.98 Å². The van der Waals surface area contributed by atoms with Gasteiger partial charge in [0.2, 0.25) is 0 Å². The minimum atomic E-state index is -1.26. The molecular formula is C14H23N2SSi2+. The number of aryl methyl sites for hydroxylation is 2. The van der Waals surface area contributed by atoms with Gasteiger partial charge in [-0.05, 0) is 9.48 Å². The van der Waals surface area contributed by atoms with E-state index in [0.29, 0.717) is 0 Å². The Morgan fingerprint density at radius 1 is 1.26 bits per heavy atom. The van der Waals surface area contributed by atoms with Crippen molar-refractivity contribution >= 4 is 47.4 Å². The normalized spacial score (nSPS) is 19.9. The average molecular weight is 308 g/mol. The van der Waals surface area contributed by atoms with Crippen LogP contribution in [0.3, 0.4) is 0 Å². The van der Waals surface area contributed by atoms with Gasteiger partial charge in [-0.3, -0.25) is 0 Å². The molecule has 0 saturated heterocycles. The van der Waals surface area contributed by atoms with Crippen LogP contribution in [0.5, 0.6) is 0 Å². The van der Waals surface area contributed by atoms with Gasteiger partial charge in [0.1, 0.15) is 10.4 Å². The van der Waals surface area contributed by atoms with Crippen molar-refractivity contribution in [3.05, 3.63) is 12.0 Å². The lowest BCUT2D eigenvalue weighted by atomic mass is 10.3. The van der Waals surface area contributed by atoms with Gasteiger partial charge in [-0.15, -0.1) is 11.3 Å². The number of aromatic nitrogens is 2. The van der Waals surface area contributed by atoms with Gasteiger partial charge in [0.05, 0.1) is 23.2 Å². The summed E-state index contributed by atoms with van der Waals surface area (Å²) < 4.78 is 5.43. The average Bonchev–Trinajstić information content (AvgIpc) is 2.75. The zero-order valence-corrected chi connectivity index (χ0v) is 15.6. The van der Waals surface area contributed by atoms with E-state index in [1.807, 2.05) is 6.33 Å². The molecule has 0 atom stereocenters. The van der Waals surface area contributed by atoms with Crippen molar-refractivity contribution in [1.29, 1.82) is 0 Å². The van der Waals surface area contributed by atoms with Crippen LogP contribution in [0.15, 0.2) is 6.33 Å². The highest BCUT2D eigenvalue weighted by molar-refractivity contribution is 7.38. The molecule has 19 heavy (non-hydrogen) atoms. The molecule has 0 fully saturated rings. The molecule has 0 N–H and O–H groups in total. The van der Waals surface area contributed by atoms with Gasteiger partial charge in [-0.25, -0.2) is 4.57 Å². The largest absolute Gasteiger partial charge is 0.286 e. The van der Waals surface area contributed by atoms with E-state index in [-0.39, 0.29) is 0 Å². The summed E-state index contributed by atoms with van der Waals surface area (Å²) in [6.07, 6.45) is 3.12. The van der Waals surface area contributed by atoms with Crippen LogP contribution in [0.1, 0.15) is 12.6 Å². The molecule has 0 unspecified atom stereocenters. The van der Waals surface area contributed by atoms with Crippen molar-refractivity contribution in [3.63, 3.8) is 0 Å². The summed E-state index contributed by atoms with van der Waals surface area (Å²) in [6, 6.07) is 0. The predicted octanol–water partition coefficient (Wildman–Crippen LogP) is 2.07. The maximum Gasteiger partial charge on any atom is 0.286 e. The van der Waals surface area contributed by atoms with E-state index in [1.54, 1.807) is 9.69 Å². The summed E-state index contributed by atoms with van der Waals surface area (Å²) in [5, 5.41) is 1.71. The van der Waals surface area contributed by atoms with Crippen LogP contribution in [0.4, 0.5) is 0 Å². The molecule has 1 aliphatic rings. The molecule has 0 aromatic carbocycles. The van der Waals surface area contributed by atoms with E-state index in [4.69, 9.17) is 4.98 Å². The van der Waals surface area contributed by atoms with Gasteiger partial charge in [0.15, 0.2) is 5.52 Å². The quantitative estimate of drug-likeness (QED) is 0.582. The Labute approximate surface area is 121 Å². The Morgan fingerprint density at radius 2 is 1.95 bits per heavy atom. The molecule has 2 aromatic rings. The number of hydrogen-bond donors (Lipinski definition) is 0. The molecule has 1 aliphatic heterocycles. The predicted molar refractivity (Wildman–Crippen MR) is 89.2 cm³/mol. The maximum atomic E-state index is 4.81. The smallest absolute Gasteiger partial charge is 0.236 e. The fourth-order valence-electron chi connectivity index (χ4n) is 3.90. The fourth-order valence-corrected chi connectivity index (χ4v) is 22.6. The van der Waals surface area contributed by atoms with Crippen LogP contribution in [0.2, 0.25) is 31.9 Å². The SMILES string of the molecule is CCc1c2sc3c(c2nc[n+]1C)[Si](C)(C)C[Si]3(C)C. The summed E-state index contributed by atoms with van der Waals surface area (Å²) in [4.78, 5) is 4.81. The third-order valence-electron chi connectivity index (χ3n) is 4.44. The molecule has 3 rings (SSSR count). The van der Waals surface area contributed by atoms with Crippen molar-refractivity contribution in [2.45, 2.75) is 45.2 Å². The molecular weight excluding hydrogens is 284 g/mol. The Morgan fingerprint density at radius 3 is 2.58 bits per heavy atom. The van der Waals surface area contributed by atoms with Crippen LogP contribution < -0.4 is 14.3 Å². The first-order valence-corrected chi connectivity index (χ1v) is 14.3. The number of nitrogens with zero attached hydrogens (tertiary/aromatic N) is 2. The highest BCUT2D eigenvalue weighted by atomic mass is 32.1. The Hall–Kier alpha value is -0.526. The summed E-state index contributed by atoms with van der Waals surface area (Å²) in [5.41, 5.74) is 4.31. The van der Waals surface area contributed by atoms with E-state index < -0.39 is 16.1 Å². The molecule has 102 valence electrons. The lowest BCUT2D eigenvalue weighted by Gasteiger charge is -2.19. The maximum absolute atomic E-state index is 4.81. The van der Waals surface area contributed by atoms with Crippen molar-refractivity contribution in [2.75, 3.05) is 0 Å². The van der Waals surface area contributed by atoms with E-state index in [0.717, 1.165) is 6.42 Å². The molecule has 3 heterocycles. The van der Waals surface area contributed by atoms with Crippen LogP contribution in [-0.4, -0.2) is 21.1 Å². The molecule has 0 aliphatic carbocycles. The second-order valence-corrected chi connectivity index (χ2v) is 18.4. The number of thiophene rings is 1. The summed E-state index contributed by atoms with van der Waals surface area (Å²) >= 11 is 2.07. The first-order valence-electron chi connectivity index (χ1n) is 7.09. The third-order valence-corrected chi connectivity index (χ3v) is 18.3. The Balaban J connectivity index is 2.43. The molecule has 0 saturated carbocycles. The van der Waals surface area contributed by atoms with Crippen LogP contribution >= 0.6 is 11.3 Å². The van der Waals surface area contributed by atoms with E-state index in [2.05, 4.69) is 56.1 Å². The minimum Gasteiger partial charge on any atom is -0.236 e. The zero-order chi connectivity index (χ0) is 14.0. The number of hydrogen-bond acceptors (Lipinski definition) is 2. The highest BCUT2D eigenvalue weighted by Gasteiger charge is 2.49. The van der Waals surface area contributed by atoms with Gasteiger partial charge < -0.3 is 0 Å². The van der Waals surface area contributed by atoms with Crippen LogP contribution in [-0.2, 0) is 13.5 Å². The minimum absolute atomic E-state index is 1.10. The van der Waals surface area contributed by atoms with Gasteiger partial charge in [0, 0.05) is 11.6 Å². The molecule has 5 heteroatoms. The molecule has 0 radical (unpaired) electrons.